The van der Waals surface area contributed by atoms with Crippen LogP contribution < -0.4 is 5.73 Å². The Bertz CT molecular complexity index is 1080. The molecule has 0 radical (unpaired) electrons. The van der Waals surface area contributed by atoms with E-state index in [2.05, 4.69) is 4.98 Å². The van der Waals surface area contributed by atoms with E-state index in [1.807, 2.05) is 0 Å². The highest BCUT2D eigenvalue weighted by Crippen LogP contribution is 2.43. The molecule has 2 N–H and O–H groups in total. The average Bonchev–Trinajstić information content (AvgIpc) is 3.03. The van der Waals surface area contributed by atoms with E-state index in [1.54, 1.807) is 24.3 Å². The van der Waals surface area contributed by atoms with Gasteiger partial charge < -0.3 is 15.4 Å². The molecule has 0 bridgehead atoms. The molecule has 0 unspecified atom stereocenters. The highest BCUT2D eigenvalue weighted by atomic mass is 35.5. The van der Waals surface area contributed by atoms with Crippen LogP contribution in [0.25, 0.3) is 21.5 Å². The minimum atomic E-state index is -4.66. The molecule has 3 heterocycles. The van der Waals surface area contributed by atoms with E-state index < -0.39 is 17.6 Å². The van der Waals surface area contributed by atoms with Gasteiger partial charge >= 0.3 is 6.18 Å². The number of carbonyl (C=O) groups excluding carboxylic acids is 1. The van der Waals surface area contributed by atoms with Crippen molar-refractivity contribution in [2.75, 3.05) is 32.0 Å². The third kappa shape index (κ3) is 3.77. The number of amides is 1. The van der Waals surface area contributed by atoms with Crippen LogP contribution in [0.3, 0.4) is 0 Å². The number of halogens is 4. The van der Waals surface area contributed by atoms with E-state index in [1.165, 1.54) is 4.90 Å². The van der Waals surface area contributed by atoms with Gasteiger partial charge in [-0.05, 0) is 18.2 Å². The van der Waals surface area contributed by atoms with Gasteiger partial charge in [-0.15, -0.1) is 11.3 Å². The SMILES string of the molecule is Nc1c(C(=O)N2CCOCC2)sc2nc(-c3ccc(Cl)cc3)cc(C(F)(F)F)c12. The van der Waals surface area contributed by atoms with Gasteiger partial charge in [-0.1, -0.05) is 23.7 Å². The van der Waals surface area contributed by atoms with E-state index in [0.29, 0.717) is 36.9 Å². The number of nitrogen functional groups attached to an aromatic ring is 1. The van der Waals surface area contributed by atoms with E-state index >= 15 is 0 Å². The maximum absolute atomic E-state index is 13.8. The normalized spacial score (nSPS) is 15.1. The highest BCUT2D eigenvalue weighted by molar-refractivity contribution is 7.21. The number of carbonyl (C=O) groups is 1. The Balaban J connectivity index is 1.88. The van der Waals surface area contributed by atoms with E-state index in [4.69, 9.17) is 22.1 Å². The first-order valence-electron chi connectivity index (χ1n) is 8.69. The number of hydrogen-bond donors (Lipinski definition) is 1. The Morgan fingerprint density at radius 2 is 1.86 bits per heavy atom. The molecule has 3 aromatic rings. The van der Waals surface area contributed by atoms with Gasteiger partial charge in [0.1, 0.15) is 9.71 Å². The van der Waals surface area contributed by atoms with Crippen molar-refractivity contribution in [1.29, 1.82) is 0 Å². The zero-order chi connectivity index (χ0) is 20.8. The number of pyridine rings is 1. The van der Waals surface area contributed by atoms with Gasteiger partial charge in [0.25, 0.3) is 5.91 Å². The first-order valence-corrected chi connectivity index (χ1v) is 9.88. The third-order valence-corrected chi connectivity index (χ3v) is 5.98. The molecule has 29 heavy (non-hydrogen) atoms. The lowest BCUT2D eigenvalue weighted by Crippen LogP contribution is -2.40. The monoisotopic (exact) mass is 441 g/mol. The van der Waals surface area contributed by atoms with Gasteiger partial charge in [0, 0.05) is 29.1 Å². The fraction of sp³-hybridized carbons (Fsp3) is 0.263. The highest BCUT2D eigenvalue weighted by Gasteiger charge is 2.37. The van der Waals surface area contributed by atoms with Crippen molar-refractivity contribution in [3.8, 4) is 11.3 Å². The Morgan fingerprint density at radius 1 is 1.21 bits per heavy atom. The molecule has 0 aliphatic carbocycles. The summed E-state index contributed by atoms with van der Waals surface area (Å²) in [5.41, 5.74) is 5.54. The fourth-order valence-electron chi connectivity index (χ4n) is 3.18. The number of anilines is 1. The Labute approximate surface area is 172 Å². The number of benzene rings is 1. The van der Waals surface area contributed by atoms with Gasteiger partial charge in [0.15, 0.2) is 0 Å². The molecule has 1 amide bonds. The predicted molar refractivity (Wildman–Crippen MR) is 106 cm³/mol. The average molecular weight is 442 g/mol. The van der Waals surface area contributed by atoms with Crippen LogP contribution in [0.15, 0.2) is 30.3 Å². The molecule has 1 aromatic carbocycles. The number of nitrogens with two attached hydrogens (primary N) is 1. The van der Waals surface area contributed by atoms with Crippen molar-refractivity contribution >= 4 is 44.7 Å². The first kappa shape index (κ1) is 19.9. The lowest BCUT2D eigenvalue weighted by Gasteiger charge is -2.26. The number of fused-ring (bicyclic) bond motifs is 1. The van der Waals surface area contributed by atoms with E-state index in [-0.39, 0.29) is 26.5 Å². The summed E-state index contributed by atoms with van der Waals surface area (Å²) in [6.45, 7) is 1.48. The molecule has 1 aliphatic heterocycles. The fourth-order valence-corrected chi connectivity index (χ4v) is 4.40. The summed E-state index contributed by atoms with van der Waals surface area (Å²) < 4.78 is 46.7. The standard InChI is InChI=1S/C19H15ClF3N3O2S/c20-11-3-1-10(2-4-11)13-9-12(19(21,22)23)14-15(24)16(29-17(14)25-13)18(27)26-5-7-28-8-6-26/h1-4,9H,5-8,24H2. The van der Waals surface area contributed by atoms with E-state index in [0.717, 1.165) is 17.4 Å². The summed E-state index contributed by atoms with van der Waals surface area (Å²) in [4.78, 5) is 18.8. The minimum Gasteiger partial charge on any atom is -0.397 e. The number of morpholine rings is 1. The first-order chi connectivity index (χ1) is 13.8. The number of hydrogen-bond acceptors (Lipinski definition) is 5. The molecule has 1 saturated heterocycles. The smallest absolute Gasteiger partial charge is 0.397 e. The number of aromatic nitrogens is 1. The maximum Gasteiger partial charge on any atom is 0.417 e. The lowest BCUT2D eigenvalue weighted by molar-refractivity contribution is -0.136. The van der Waals surface area contributed by atoms with Crippen molar-refractivity contribution in [2.45, 2.75) is 6.18 Å². The van der Waals surface area contributed by atoms with Crippen molar-refractivity contribution in [3.63, 3.8) is 0 Å². The molecule has 1 fully saturated rings. The summed E-state index contributed by atoms with van der Waals surface area (Å²) in [6, 6.07) is 7.29. The molecule has 152 valence electrons. The van der Waals surface area contributed by atoms with Crippen molar-refractivity contribution in [1.82, 2.24) is 9.88 Å². The van der Waals surface area contributed by atoms with Crippen molar-refractivity contribution < 1.29 is 22.7 Å². The molecule has 5 nitrogen and oxygen atoms in total. The molecule has 0 spiro atoms. The van der Waals surface area contributed by atoms with Gasteiger partial charge in [0.05, 0.1) is 30.2 Å². The molecule has 1 aliphatic rings. The van der Waals surface area contributed by atoms with Gasteiger partial charge in [-0.2, -0.15) is 13.2 Å². The number of alkyl halides is 3. The van der Waals surface area contributed by atoms with Gasteiger partial charge in [-0.3, -0.25) is 4.79 Å². The second-order valence-corrected chi connectivity index (χ2v) is 7.92. The summed E-state index contributed by atoms with van der Waals surface area (Å²) in [7, 11) is 0. The molecular formula is C19H15ClF3N3O2S. The van der Waals surface area contributed by atoms with Crippen LogP contribution in [-0.2, 0) is 10.9 Å². The zero-order valence-electron chi connectivity index (χ0n) is 14.9. The molecule has 10 heteroatoms. The summed E-state index contributed by atoms with van der Waals surface area (Å²) in [5.74, 6) is -0.407. The van der Waals surface area contributed by atoms with Crippen LogP contribution in [0.1, 0.15) is 15.2 Å². The van der Waals surface area contributed by atoms with Gasteiger partial charge in [0.2, 0.25) is 0 Å². The van der Waals surface area contributed by atoms with Crippen LogP contribution >= 0.6 is 22.9 Å². The maximum atomic E-state index is 13.8. The Kier molecular flexibility index (Phi) is 5.14. The summed E-state index contributed by atoms with van der Waals surface area (Å²) >= 11 is 6.74. The number of nitrogens with zero attached hydrogens (tertiary/aromatic N) is 2. The Morgan fingerprint density at radius 3 is 2.48 bits per heavy atom. The summed E-state index contributed by atoms with van der Waals surface area (Å²) in [6.07, 6.45) is -4.66. The van der Waals surface area contributed by atoms with Crippen molar-refractivity contribution in [2.24, 2.45) is 0 Å². The number of ether oxygens (including phenoxy) is 1. The second kappa shape index (κ2) is 7.47. The molecule has 4 rings (SSSR count). The second-order valence-electron chi connectivity index (χ2n) is 6.49. The zero-order valence-corrected chi connectivity index (χ0v) is 16.5. The van der Waals surface area contributed by atoms with Crippen LogP contribution in [0.4, 0.5) is 18.9 Å². The van der Waals surface area contributed by atoms with Crippen LogP contribution in [-0.4, -0.2) is 42.1 Å². The molecule has 2 aromatic heterocycles. The lowest BCUT2D eigenvalue weighted by atomic mass is 10.1. The van der Waals surface area contributed by atoms with Gasteiger partial charge in [-0.25, -0.2) is 4.98 Å². The minimum absolute atomic E-state index is 0.0631. The third-order valence-electron chi connectivity index (χ3n) is 4.64. The molecular weight excluding hydrogens is 427 g/mol. The Hall–Kier alpha value is -2.36. The quantitative estimate of drug-likeness (QED) is 0.626. The van der Waals surface area contributed by atoms with Crippen molar-refractivity contribution in [3.05, 3.63) is 45.8 Å². The van der Waals surface area contributed by atoms with E-state index in [9.17, 15) is 18.0 Å². The van der Waals surface area contributed by atoms with Crippen LogP contribution in [0.5, 0.6) is 0 Å². The van der Waals surface area contributed by atoms with Crippen LogP contribution in [0, 0.1) is 0 Å². The number of rotatable bonds is 2. The topological polar surface area (TPSA) is 68.5 Å². The predicted octanol–water partition coefficient (Wildman–Crippen LogP) is 4.69. The summed E-state index contributed by atoms with van der Waals surface area (Å²) in [5, 5.41) is 0.224. The van der Waals surface area contributed by atoms with Crippen LogP contribution in [0.2, 0.25) is 5.02 Å². The largest absolute Gasteiger partial charge is 0.417 e. The molecule has 0 atom stereocenters. The number of thiophene rings is 1. The molecule has 0 saturated carbocycles.